The van der Waals surface area contributed by atoms with Crippen molar-refractivity contribution in [2.24, 2.45) is 0 Å². The second kappa shape index (κ2) is 6.92. The van der Waals surface area contributed by atoms with Gasteiger partial charge in [0.15, 0.2) is 9.84 Å². The Labute approximate surface area is 126 Å². The highest BCUT2D eigenvalue weighted by molar-refractivity contribution is 7.92. The zero-order valence-electron chi connectivity index (χ0n) is 11.8. The van der Waals surface area contributed by atoms with Crippen molar-refractivity contribution in [3.63, 3.8) is 0 Å². The minimum absolute atomic E-state index is 0.202. The van der Waals surface area contributed by atoms with Crippen LogP contribution in [0.5, 0.6) is 0 Å². The average Bonchev–Trinajstić information content (AvgIpc) is 2.75. The molecule has 0 aliphatic carbocycles. The summed E-state index contributed by atoms with van der Waals surface area (Å²) in [4.78, 5) is 0. The van der Waals surface area contributed by atoms with Crippen molar-refractivity contribution in [2.45, 2.75) is 43.9 Å². The Hall–Kier alpha value is -0.580. The number of sulfone groups is 1. The van der Waals surface area contributed by atoms with Gasteiger partial charge in [0, 0.05) is 17.6 Å². The van der Waals surface area contributed by atoms with Crippen molar-refractivity contribution in [1.29, 1.82) is 0 Å². The molecule has 0 spiro atoms. The summed E-state index contributed by atoms with van der Waals surface area (Å²) in [5.41, 5.74) is 1.17. The fraction of sp³-hybridized carbons (Fsp3) is 0.600. The molecule has 2 unspecified atom stereocenters. The predicted octanol–water partition coefficient (Wildman–Crippen LogP) is 3.35. The van der Waals surface area contributed by atoms with Crippen LogP contribution in [0.4, 0.5) is 0 Å². The van der Waals surface area contributed by atoms with Gasteiger partial charge in [-0.3, -0.25) is 0 Å². The SMILES string of the molecule is CCCC(NCC1CCCS1(=O)=O)c1ccc(Cl)cc1. The monoisotopic (exact) mass is 315 g/mol. The van der Waals surface area contributed by atoms with Gasteiger partial charge in [-0.2, -0.15) is 0 Å². The molecule has 1 aliphatic rings. The predicted molar refractivity (Wildman–Crippen MR) is 83.9 cm³/mol. The lowest BCUT2D eigenvalue weighted by molar-refractivity contribution is 0.482. The standard InChI is InChI=1S/C15H22ClNO2S/c1-2-4-15(12-6-8-13(16)9-7-12)17-11-14-5-3-10-20(14,18)19/h6-9,14-15,17H,2-5,10-11H2,1H3. The van der Waals surface area contributed by atoms with Crippen LogP contribution in [0.15, 0.2) is 24.3 Å². The van der Waals surface area contributed by atoms with Gasteiger partial charge in [-0.25, -0.2) is 8.42 Å². The molecule has 1 aromatic rings. The van der Waals surface area contributed by atoms with Crippen molar-refractivity contribution in [1.82, 2.24) is 5.32 Å². The van der Waals surface area contributed by atoms with Gasteiger partial charge in [0.2, 0.25) is 0 Å². The lowest BCUT2D eigenvalue weighted by Crippen LogP contribution is -2.33. The van der Waals surface area contributed by atoms with E-state index in [0.717, 1.165) is 30.7 Å². The molecule has 3 nitrogen and oxygen atoms in total. The fourth-order valence-corrected chi connectivity index (χ4v) is 4.64. The van der Waals surface area contributed by atoms with Crippen molar-refractivity contribution in [2.75, 3.05) is 12.3 Å². The number of halogens is 1. The first-order chi connectivity index (χ1) is 9.53. The third kappa shape index (κ3) is 3.96. The summed E-state index contributed by atoms with van der Waals surface area (Å²) in [5.74, 6) is 0.346. The summed E-state index contributed by atoms with van der Waals surface area (Å²) in [5, 5.41) is 3.94. The second-order valence-electron chi connectivity index (χ2n) is 5.43. The molecular formula is C15H22ClNO2S. The second-order valence-corrected chi connectivity index (χ2v) is 8.27. The lowest BCUT2D eigenvalue weighted by atomic mass is 10.0. The van der Waals surface area contributed by atoms with Crippen LogP contribution < -0.4 is 5.32 Å². The normalized spacial score (nSPS) is 22.8. The fourth-order valence-electron chi connectivity index (χ4n) is 2.73. The third-order valence-corrected chi connectivity index (χ3v) is 6.43. The third-order valence-electron chi connectivity index (χ3n) is 3.90. The summed E-state index contributed by atoms with van der Waals surface area (Å²) in [6.45, 7) is 2.69. The first kappa shape index (κ1) is 15.8. The van der Waals surface area contributed by atoms with Gasteiger partial charge in [0.25, 0.3) is 0 Å². The van der Waals surface area contributed by atoms with Crippen LogP contribution in [0, 0.1) is 0 Å². The highest BCUT2D eigenvalue weighted by atomic mass is 35.5. The minimum atomic E-state index is -2.87. The number of hydrogen-bond donors (Lipinski definition) is 1. The van der Waals surface area contributed by atoms with E-state index < -0.39 is 9.84 Å². The lowest BCUT2D eigenvalue weighted by Gasteiger charge is -2.21. The summed E-state index contributed by atoms with van der Waals surface area (Å²) in [6, 6.07) is 7.99. The summed E-state index contributed by atoms with van der Waals surface area (Å²) in [6.07, 6.45) is 3.63. The summed E-state index contributed by atoms with van der Waals surface area (Å²) >= 11 is 5.91. The van der Waals surface area contributed by atoms with Crippen LogP contribution in [-0.2, 0) is 9.84 Å². The van der Waals surface area contributed by atoms with Gasteiger partial charge < -0.3 is 5.32 Å². The van der Waals surface area contributed by atoms with Crippen LogP contribution >= 0.6 is 11.6 Å². The molecule has 0 amide bonds. The van der Waals surface area contributed by atoms with Crippen LogP contribution in [0.25, 0.3) is 0 Å². The molecule has 2 rings (SSSR count). The van der Waals surface area contributed by atoms with Crippen LogP contribution in [0.1, 0.15) is 44.2 Å². The molecule has 2 atom stereocenters. The van der Waals surface area contributed by atoms with E-state index in [9.17, 15) is 8.42 Å². The Bertz CT molecular complexity index is 527. The molecule has 0 radical (unpaired) electrons. The molecular weight excluding hydrogens is 294 g/mol. The van der Waals surface area contributed by atoms with Crippen LogP contribution in [0.3, 0.4) is 0 Å². The molecule has 1 heterocycles. The molecule has 1 N–H and O–H groups in total. The highest BCUT2D eigenvalue weighted by Crippen LogP contribution is 2.23. The largest absolute Gasteiger partial charge is 0.309 e. The molecule has 112 valence electrons. The molecule has 0 bridgehead atoms. The molecule has 1 saturated heterocycles. The Morgan fingerprint density at radius 3 is 2.60 bits per heavy atom. The summed E-state index contributed by atoms with van der Waals surface area (Å²) in [7, 11) is -2.87. The van der Waals surface area contributed by atoms with Crippen molar-refractivity contribution < 1.29 is 8.42 Å². The number of benzene rings is 1. The first-order valence-electron chi connectivity index (χ1n) is 7.23. The Morgan fingerprint density at radius 1 is 1.35 bits per heavy atom. The highest BCUT2D eigenvalue weighted by Gasteiger charge is 2.31. The van der Waals surface area contributed by atoms with Gasteiger partial charge >= 0.3 is 0 Å². The maximum absolute atomic E-state index is 11.9. The Balaban J connectivity index is 2.01. The molecule has 1 aromatic carbocycles. The van der Waals surface area contributed by atoms with E-state index in [1.165, 1.54) is 5.56 Å². The molecule has 0 saturated carbocycles. The van der Waals surface area contributed by atoms with Gasteiger partial charge in [-0.15, -0.1) is 0 Å². The number of rotatable bonds is 6. The average molecular weight is 316 g/mol. The van der Waals surface area contributed by atoms with Crippen molar-refractivity contribution >= 4 is 21.4 Å². The van der Waals surface area contributed by atoms with E-state index >= 15 is 0 Å². The maximum atomic E-state index is 11.9. The van der Waals surface area contributed by atoms with Crippen molar-refractivity contribution in [3.8, 4) is 0 Å². The van der Waals surface area contributed by atoms with Gasteiger partial charge in [0.05, 0.1) is 11.0 Å². The van der Waals surface area contributed by atoms with E-state index in [4.69, 9.17) is 11.6 Å². The van der Waals surface area contributed by atoms with Gasteiger partial charge in [0.1, 0.15) is 0 Å². The maximum Gasteiger partial charge on any atom is 0.154 e. The molecule has 0 aromatic heterocycles. The van der Waals surface area contributed by atoms with Crippen LogP contribution in [-0.4, -0.2) is 26.0 Å². The van der Waals surface area contributed by atoms with E-state index in [0.29, 0.717) is 12.3 Å². The zero-order chi connectivity index (χ0) is 14.6. The van der Waals surface area contributed by atoms with Gasteiger partial charge in [-0.05, 0) is 37.0 Å². The van der Waals surface area contributed by atoms with E-state index in [-0.39, 0.29) is 11.3 Å². The summed E-state index contributed by atoms with van der Waals surface area (Å²) < 4.78 is 23.7. The van der Waals surface area contributed by atoms with E-state index in [1.807, 2.05) is 24.3 Å². The van der Waals surface area contributed by atoms with Gasteiger partial charge in [-0.1, -0.05) is 37.1 Å². The smallest absolute Gasteiger partial charge is 0.154 e. The topological polar surface area (TPSA) is 46.2 Å². The molecule has 5 heteroatoms. The quantitative estimate of drug-likeness (QED) is 0.875. The Kier molecular flexibility index (Phi) is 5.47. The number of hydrogen-bond acceptors (Lipinski definition) is 3. The van der Waals surface area contributed by atoms with Crippen molar-refractivity contribution in [3.05, 3.63) is 34.9 Å². The van der Waals surface area contributed by atoms with Crippen LogP contribution in [0.2, 0.25) is 5.02 Å². The van der Waals surface area contributed by atoms with E-state index in [2.05, 4.69) is 12.2 Å². The molecule has 20 heavy (non-hydrogen) atoms. The zero-order valence-corrected chi connectivity index (χ0v) is 13.4. The minimum Gasteiger partial charge on any atom is -0.309 e. The number of nitrogens with one attached hydrogen (secondary N) is 1. The molecule has 1 aliphatic heterocycles. The molecule has 1 fully saturated rings. The van der Waals surface area contributed by atoms with E-state index in [1.54, 1.807) is 0 Å². The Morgan fingerprint density at radius 2 is 2.05 bits per heavy atom. The first-order valence-corrected chi connectivity index (χ1v) is 9.32.